The summed E-state index contributed by atoms with van der Waals surface area (Å²) >= 11 is 0. The minimum absolute atomic E-state index is 0.333. The van der Waals surface area contributed by atoms with E-state index in [4.69, 9.17) is 11.3 Å². The van der Waals surface area contributed by atoms with Gasteiger partial charge in [-0.05, 0) is 10.4 Å². The SMILES string of the molecule is N=C(N)N.Nn1cnnn1. The van der Waals surface area contributed by atoms with Gasteiger partial charge in [-0.2, -0.15) is 0 Å². The van der Waals surface area contributed by atoms with E-state index in [2.05, 4.69) is 27.0 Å². The van der Waals surface area contributed by atoms with E-state index in [1.54, 1.807) is 0 Å². The highest BCUT2D eigenvalue weighted by atomic mass is 15.6. The predicted octanol–water partition coefficient (Wildman–Crippen LogP) is -2.77. The first-order valence-corrected chi connectivity index (χ1v) is 2.20. The van der Waals surface area contributed by atoms with Crippen molar-refractivity contribution in [3.05, 3.63) is 6.33 Å². The number of nitrogens with two attached hydrogens (primary N) is 3. The molecule has 0 aliphatic rings. The summed E-state index contributed by atoms with van der Waals surface area (Å²) in [7, 11) is 0. The monoisotopic (exact) mass is 144 g/mol. The Morgan fingerprint density at radius 2 is 2.00 bits per heavy atom. The van der Waals surface area contributed by atoms with Gasteiger partial charge in [0.2, 0.25) is 0 Å². The summed E-state index contributed by atoms with van der Waals surface area (Å²) in [5.41, 5.74) is 8.94. The Morgan fingerprint density at radius 3 is 2.10 bits per heavy atom. The molecule has 0 amide bonds. The highest BCUT2D eigenvalue weighted by molar-refractivity contribution is 5.71. The molecule has 8 nitrogen and oxygen atoms in total. The summed E-state index contributed by atoms with van der Waals surface area (Å²) in [5.74, 6) is 4.62. The number of tetrazole rings is 1. The van der Waals surface area contributed by atoms with Crippen molar-refractivity contribution < 1.29 is 0 Å². The number of nitrogens with one attached hydrogen (secondary N) is 1. The third-order valence-electron chi connectivity index (χ3n) is 0.365. The molecule has 0 aromatic carbocycles. The lowest BCUT2D eigenvalue weighted by Gasteiger charge is -1.73. The van der Waals surface area contributed by atoms with E-state index in [0.717, 1.165) is 4.79 Å². The van der Waals surface area contributed by atoms with Crippen LogP contribution >= 0.6 is 0 Å². The van der Waals surface area contributed by atoms with Crippen LogP contribution in [0.4, 0.5) is 0 Å². The summed E-state index contributed by atoms with van der Waals surface area (Å²) in [5, 5.41) is 15.8. The standard InChI is InChI=1S/CH3N5.CH5N3/c2-6-1-3-4-5-6;2-1(3)4/h1H,2H2;(H5,2,3,4). The molecule has 1 aromatic heterocycles. The molecule has 0 unspecified atom stereocenters. The molecule has 10 heavy (non-hydrogen) atoms. The molecule has 1 heterocycles. The smallest absolute Gasteiger partial charge is 0.183 e. The number of nitrogens with zero attached hydrogens (tertiary/aromatic N) is 4. The Morgan fingerprint density at radius 1 is 1.50 bits per heavy atom. The number of rotatable bonds is 0. The van der Waals surface area contributed by atoms with Crippen molar-refractivity contribution in [2.45, 2.75) is 0 Å². The van der Waals surface area contributed by atoms with Crippen LogP contribution in [0.2, 0.25) is 0 Å². The van der Waals surface area contributed by atoms with Crippen LogP contribution in [-0.2, 0) is 0 Å². The lowest BCUT2D eigenvalue weighted by Crippen LogP contribution is -2.20. The molecule has 56 valence electrons. The Balaban J connectivity index is 0.000000180. The Kier molecular flexibility index (Phi) is 3.31. The van der Waals surface area contributed by atoms with Gasteiger partial charge in [-0.3, -0.25) is 5.41 Å². The van der Waals surface area contributed by atoms with E-state index in [-0.39, 0.29) is 5.96 Å². The second-order valence-corrected chi connectivity index (χ2v) is 1.25. The van der Waals surface area contributed by atoms with E-state index in [9.17, 15) is 0 Å². The first kappa shape index (κ1) is 8.14. The third-order valence-corrected chi connectivity index (χ3v) is 0.365. The minimum Gasteiger partial charge on any atom is -0.370 e. The molecule has 8 heteroatoms. The second-order valence-electron chi connectivity index (χ2n) is 1.25. The van der Waals surface area contributed by atoms with Crippen LogP contribution < -0.4 is 17.3 Å². The summed E-state index contributed by atoms with van der Waals surface area (Å²) in [6, 6.07) is 0. The zero-order valence-corrected chi connectivity index (χ0v) is 5.10. The summed E-state index contributed by atoms with van der Waals surface area (Å²) in [6.45, 7) is 0. The van der Waals surface area contributed by atoms with Gasteiger partial charge in [-0.25, -0.2) is 0 Å². The van der Waals surface area contributed by atoms with Crippen LogP contribution in [0.5, 0.6) is 0 Å². The van der Waals surface area contributed by atoms with Crippen molar-refractivity contribution in [3.63, 3.8) is 0 Å². The van der Waals surface area contributed by atoms with Crippen LogP contribution in [-0.4, -0.2) is 26.3 Å². The van der Waals surface area contributed by atoms with E-state index < -0.39 is 0 Å². The highest BCUT2D eigenvalue weighted by Crippen LogP contribution is 1.53. The normalized spacial score (nSPS) is 7.60. The van der Waals surface area contributed by atoms with Crippen LogP contribution in [0.15, 0.2) is 6.33 Å². The molecule has 0 aliphatic heterocycles. The van der Waals surface area contributed by atoms with Crippen LogP contribution in [0.3, 0.4) is 0 Å². The van der Waals surface area contributed by atoms with Crippen molar-refractivity contribution in [1.29, 1.82) is 5.41 Å². The zero-order chi connectivity index (χ0) is 7.98. The molecular formula is C2H8N8. The fourth-order valence-electron chi connectivity index (χ4n) is 0.168. The minimum atomic E-state index is -0.333. The number of nitrogen functional groups attached to an aromatic ring is 1. The van der Waals surface area contributed by atoms with Crippen LogP contribution in [0.25, 0.3) is 0 Å². The molecule has 0 radical (unpaired) electrons. The van der Waals surface area contributed by atoms with Crippen LogP contribution in [0.1, 0.15) is 0 Å². The molecule has 1 aromatic rings. The van der Waals surface area contributed by atoms with Gasteiger partial charge in [-0.1, -0.05) is 0 Å². The molecule has 0 saturated heterocycles. The van der Waals surface area contributed by atoms with E-state index >= 15 is 0 Å². The maximum absolute atomic E-state index is 6.06. The van der Waals surface area contributed by atoms with E-state index in [0.29, 0.717) is 0 Å². The molecule has 7 N–H and O–H groups in total. The molecule has 0 bridgehead atoms. The molecule has 0 atom stereocenters. The number of guanidine groups is 1. The number of aromatic nitrogens is 4. The molecule has 1 rings (SSSR count). The maximum atomic E-state index is 6.06. The van der Waals surface area contributed by atoms with Crippen LogP contribution in [0, 0.1) is 5.41 Å². The Hall–Kier alpha value is -1.86. The molecule has 0 spiro atoms. The fourth-order valence-corrected chi connectivity index (χ4v) is 0.168. The largest absolute Gasteiger partial charge is 0.370 e. The van der Waals surface area contributed by atoms with E-state index in [1.165, 1.54) is 6.33 Å². The average molecular weight is 144 g/mol. The summed E-state index contributed by atoms with van der Waals surface area (Å²) in [4.78, 5) is 1.03. The average Bonchev–Trinajstić information content (AvgIpc) is 2.15. The summed E-state index contributed by atoms with van der Waals surface area (Å²) < 4.78 is 0. The maximum Gasteiger partial charge on any atom is 0.183 e. The van der Waals surface area contributed by atoms with Crippen molar-refractivity contribution in [1.82, 2.24) is 20.3 Å². The lowest BCUT2D eigenvalue weighted by atomic mass is 11.1. The van der Waals surface area contributed by atoms with Crippen molar-refractivity contribution >= 4 is 5.96 Å². The van der Waals surface area contributed by atoms with E-state index in [1.807, 2.05) is 0 Å². The van der Waals surface area contributed by atoms with Crippen molar-refractivity contribution in [3.8, 4) is 0 Å². The van der Waals surface area contributed by atoms with Gasteiger partial charge in [0.15, 0.2) is 12.3 Å². The molecular weight excluding hydrogens is 136 g/mol. The van der Waals surface area contributed by atoms with Gasteiger partial charge in [-0.15, -0.1) is 9.89 Å². The quantitative estimate of drug-likeness (QED) is 0.176. The Bertz CT molecular complexity index is 171. The fraction of sp³-hybridized carbons (Fsp3) is 0. The third kappa shape index (κ3) is 6.14. The zero-order valence-electron chi connectivity index (χ0n) is 5.10. The molecule has 0 saturated carbocycles. The van der Waals surface area contributed by atoms with Crippen molar-refractivity contribution in [2.24, 2.45) is 11.5 Å². The van der Waals surface area contributed by atoms with Gasteiger partial charge in [0.1, 0.15) is 0 Å². The van der Waals surface area contributed by atoms with Gasteiger partial charge in [0, 0.05) is 0 Å². The lowest BCUT2D eigenvalue weighted by molar-refractivity contribution is 0.756. The summed E-state index contributed by atoms with van der Waals surface area (Å²) in [6.07, 6.45) is 1.31. The van der Waals surface area contributed by atoms with Gasteiger partial charge in [0.25, 0.3) is 0 Å². The molecule has 0 fully saturated rings. The van der Waals surface area contributed by atoms with Gasteiger partial charge < -0.3 is 17.3 Å². The predicted molar refractivity (Wildman–Crippen MR) is 34.1 cm³/mol. The first-order chi connectivity index (χ1) is 4.63. The first-order valence-electron chi connectivity index (χ1n) is 2.20. The van der Waals surface area contributed by atoms with Crippen molar-refractivity contribution in [2.75, 3.05) is 5.84 Å². The van der Waals surface area contributed by atoms with Gasteiger partial charge in [0.05, 0.1) is 0 Å². The highest BCUT2D eigenvalue weighted by Gasteiger charge is 1.73. The Labute approximate surface area is 56.5 Å². The second kappa shape index (κ2) is 4.06. The molecule has 0 aliphatic carbocycles. The topological polar surface area (TPSA) is 146 Å². The number of hydrogen-bond acceptors (Lipinski definition) is 5. The van der Waals surface area contributed by atoms with Gasteiger partial charge >= 0.3 is 0 Å². The number of hydrogen-bond donors (Lipinski definition) is 4.